The third-order valence-electron chi connectivity index (χ3n) is 7.01. The van der Waals surface area contributed by atoms with Crippen LogP contribution in [-0.2, 0) is 11.2 Å². The smallest absolute Gasteiger partial charge is 0.415 e. The molecule has 1 aliphatic rings. The Labute approximate surface area is 254 Å². The Morgan fingerprint density at radius 3 is 2.36 bits per heavy atom. The van der Waals surface area contributed by atoms with E-state index in [2.05, 4.69) is 15.3 Å². The van der Waals surface area contributed by atoms with Crippen LogP contribution in [-0.4, -0.2) is 76.7 Å². The van der Waals surface area contributed by atoms with Gasteiger partial charge in [0.1, 0.15) is 22.4 Å². The number of amides is 2. The van der Waals surface area contributed by atoms with Gasteiger partial charge in [-0.1, -0.05) is 23.7 Å². The molecule has 0 aliphatic carbocycles. The molecule has 1 aliphatic heterocycles. The standard InChI is InChI=1S/C29H35ClN6O5S/c1-4-34(5-2)28-31-18-23(36(6-3)26(37)24-21(30)13-16-42-24)25(33-28)32-22(27(38)39)17-19-9-11-20(12-10-19)41-29(40)35-14-7-8-15-35/h9-13,16,18,22H,4-8,14-15,17H2,1-3H3,(H,38,39)(H,31,32,33)/t22-/m0/s1. The van der Waals surface area contributed by atoms with Crippen molar-refractivity contribution in [3.05, 3.63) is 57.4 Å². The maximum Gasteiger partial charge on any atom is 0.415 e. The molecule has 3 heterocycles. The molecule has 11 nitrogen and oxygen atoms in total. The number of carbonyl (C=O) groups excluding carboxylic acids is 2. The van der Waals surface area contributed by atoms with Crippen LogP contribution in [0.5, 0.6) is 5.75 Å². The highest BCUT2D eigenvalue weighted by molar-refractivity contribution is 7.12. The van der Waals surface area contributed by atoms with Crippen molar-refractivity contribution in [3.8, 4) is 5.75 Å². The van der Waals surface area contributed by atoms with Crippen LogP contribution in [0.4, 0.5) is 22.2 Å². The molecule has 4 rings (SSSR count). The van der Waals surface area contributed by atoms with Crippen molar-refractivity contribution >= 4 is 58.4 Å². The molecule has 224 valence electrons. The van der Waals surface area contributed by atoms with E-state index in [1.54, 1.807) is 40.6 Å². The van der Waals surface area contributed by atoms with E-state index in [4.69, 9.17) is 16.3 Å². The van der Waals surface area contributed by atoms with Crippen LogP contribution < -0.4 is 19.9 Å². The lowest BCUT2D eigenvalue weighted by atomic mass is 10.1. The first-order valence-electron chi connectivity index (χ1n) is 14.0. The summed E-state index contributed by atoms with van der Waals surface area (Å²) in [5, 5.41) is 15.3. The summed E-state index contributed by atoms with van der Waals surface area (Å²) in [5.41, 5.74) is 1.06. The van der Waals surface area contributed by atoms with Crippen LogP contribution in [0, 0.1) is 0 Å². The number of carboxylic acid groups (broad SMARTS) is 1. The van der Waals surface area contributed by atoms with E-state index in [-0.39, 0.29) is 30.8 Å². The number of halogens is 1. The third-order valence-corrected chi connectivity index (χ3v) is 8.34. The van der Waals surface area contributed by atoms with Gasteiger partial charge in [-0.2, -0.15) is 4.98 Å². The van der Waals surface area contributed by atoms with Crippen molar-refractivity contribution in [1.82, 2.24) is 14.9 Å². The molecule has 2 aromatic heterocycles. The van der Waals surface area contributed by atoms with Gasteiger partial charge in [-0.15, -0.1) is 11.3 Å². The lowest BCUT2D eigenvalue weighted by Crippen LogP contribution is -2.36. The average molecular weight is 615 g/mol. The van der Waals surface area contributed by atoms with Crippen LogP contribution in [0.2, 0.25) is 5.02 Å². The highest BCUT2D eigenvalue weighted by atomic mass is 35.5. The molecule has 3 aromatic rings. The van der Waals surface area contributed by atoms with Gasteiger partial charge in [0.15, 0.2) is 5.82 Å². The number of ether oxygens (including phenoxy) is 1. The van der Waals surface area contributed by atoms with Crippen molar-refractivity contribution in [2.45, 2.75) is 46.1 Å². The molecule has 2 amide bonds. The zero-order valence-corrected chi connectivity index (χ0v) is 25.5. The van der Waals surface area contributed by atoms with Gasteiger partial charge in [-0.05, 0) is 62.8 Å². The van der Waals surface area contributed by atoms with Crippen LogP contribution >= 0.6 is 22.9 Å². The van der Waals surface area contributed by atoms with Crippen LogP contribution in [0.15, 0.2) is 41.9 Å². The van der Waals surface area contributed by atoms with Gasteiger partial charge in [-0.25, -0.2) is 14.6 Å². The van der Waals surface area contributed by atoms with Gasteiger partial charge in [0.2, 0.25) is 5.95 Å². The summed E-state index contributed by atoms with van der Waals surface area (Å²) in [6.45, 7) is 8.71. The summed E-state index contributed by atoms with van der Waals surface area (Å²) in [7, 11) is 0. The predicted octanol–water partition coefficient (Wildman–Crippen LogP) is 5.41. The predicted molar refractivity (Wildman–Crippen MR) is 164 cm³/mol. The average Bonchev–Trinajstić information content (AvgIpc) is 3.68. The number of hydrogen-bond donors (Lipinski definition) is 2. The lowest BCUT2D eigenvalue weighted by Gasteiger charge is -2.26. The van der Waals surface area contributed by atoms with E-state index in [1.807, 2.05) is 25.7 Å². The number of thiophene rings is 1. The molecule has 0 unspecified atom stereocenters. The van der Waals surface area contributed by atoms with Gasteiger partial charge >= 0.3 is 12.1 Å². The van der Waals surface area contributed by atoms with Gasteiger partial charge in [-0.3, -0.25) is 4.79 Å². The summed E-state index contributed by atoms with van der Waals surface area (Å²) < 4.78 is 5.46. The highest BCUT2D eigenvalue weighted by Crippen LogP contribution is 2.31. The van der Waals surface area contributed by atoms with Gasteiger partial charge in [0, 0.05) is 39.1 Å². The van der Waals surface area contributed by atoms with Gasteiger partial charge in [0.25, 0.3) is 5.91 Å². The Kier molecular flexibility index (Phi) is 10.6. The quantitative estimate of drug-likeness (QED) is 0.275. The molecule has 1 fully saturated rings. The molecule has 1 saturated heterocycles. The number of carbonyl (C=O) groups is 3. The van der Waals surface area contributed by atoms with Gasteiger partial charge < -0.3 is 29.9 Å². The largest absolute Gasteiger partial charge is 0.480 e. The Morgan fingerprint density at radius 1 is 1.10 bits per heavy atom. The summed E-state index contributed by atoms with van der Waals surface area (Å²) in [5.74, 6) is -0.396. The van der Waals surface area contributed by atoms with Crippen molar-refractivity contribution in [2.75, 3.05) is 47.8 Å². The number of carboxylic acids is 1. The molecule has 0 spiro atoms. The minimum absolute atomic E-state index is 0.108. The fraction of sp³-hybridized carbons (Fsp3) is 0.414. The summed E-state index contributed by atoms with van der Waals surface area (Å²) in [6, 6.07) is 7.34. The van der Waals surface area contributed by atoms with E-state index in [1.165, 1.54) is 22.4 Å². The second-order valence-corrected chi connectivity index (χ2v) is 11.0. The summed E-state index contributed by atoms with van der Waals surface area (Å²) in [4.78, 5) is 52.8. The first kappa shape index (κ1) is 31.0. The van der Waals surface area contributed by atoms with Crippen molar-refractivity contribution in [3.63, 3.8) is 0 Å². The number of rotatable bonds is 12. The van der Waals surface area contributed by atoms with Crippen LogP contribution in [0.1, 0.15) is 48.8 Å². The lowest BCUT2D eigenvalue weighted by molar-refractivity contribution is -0.137. The van der Waals surface area contributed by atoms with E-state index in [0.29, 0.717) is 59.0 Å². The number of benzene rings is 1. The molecule has 2 N–H and O–H groups in total. The number of aliphatic carboxylic acids is 1. The topological polar surface area (TPSA) is 128 Å². The maximum absolute atomic E-state index is 13.4. The number of likely N-dealkylation sites (tertiary alicyclic amines) is 1. The van der Waals surface area contributed by atoms with Crippen molar-refractivity contribution in [2.24, 2.45) is 0 Å². The van der Waals surface area contributed by atoms with Crippen molar-refractivity contribution in [1.29, 1.82) is 0 Å². The number of nitrogens with one attached hydrogen (secondary N) is 1. The molecule has 1 atom stereocenters. The Hall–Kier alpha value is -3.90. The molecule has 0 saturated carbocycles. The van der Waals surface area contributed by atoms with E-state index < -0.39 is 12.0 Å². The number of anilines is 3. The number of hydrogen-bond acceptors (Lipinski definition) is 9. The van der Waals surface area contributed by atoms with Crippen LogP contribution in [0.25, 0.3) is 0 Å². The van der Waals surface area contributed by atoms with E-state index in [9.17, 15) is 19.5 Å². The molecule has 13 heteroatoms. The normalized spacial score (nSPS) is 13.5. The fourth-order valence-electron chi connectivity index (χ4n) is 4.68. The number of nitrogens with zero attached hydrogens (tertiary/aromatic N) is 5. The molecular weight excluding hydrogens is 580 g/mol. The Balaban J connectivity index is 1.59. The summed E-state index contributed by atoms with van der Waals surface area (Å²) >= 11 is 7.49. The second-order valence-electron chi connectivity index (χ2n) is 9.67. The Bertz CT molecular complexity index is 1390. The van der Waals surface area contributed by atoms with Gasteiger partial charge in [0.05, 0.1) is 11.2 Å². The zero-order chi connectivity index (χ0) is 30.2. The summed E-state index contributed by atoms with van der Waals surface area (Å²) in [6.07, 6.45) is 3.19. The van der Waals surface area contributed by atoms with Crippen molar-refractivity contribution < 1.29 is 24.2 Å². The first-order chi connectivity index (χ1) is 20.2. The first-order valence-corrected chi connectivity index (χ1v) is 15.2. The van der Waals surface area contributed by atoms with Crippen LogP contribution in [0.3, 0.4) is 0 Å². The minimum atomic E-state index is -1.09. The SMILES string of the molecule is CCN(CC)c1ncc(N(CC)C(=O)c2sccc2Cl)c(N[C@@H](Cc2ccc(OC(=O)N3CCCC3)cc2)C(=O)O)n1. The highest BCUT2D eigenvalue weighted by Gasteiger charge is 2.27. The molecule has 0 bridgehead atoms. The molecule has 42 heavy (non-hydrogen) atoms. The maximum atomic E-state index is 13.4. The molecular formula is C29H35ClN6O5S. The second kappa shape index (κ2) is 14.3. The minimum Gasteiger partial charge on any atom is -0.480 e. The third kappa shape index (κ3) is 7.29. The monoisotopic (exact) mass is 614 g/mol. The Morgan fingerprint density at radius 2 is 1.79 bits per heavy atom. The fourth-order valence-corrected chi connectivity index (χ4v) is 5.76. The molecule has 0 radical (unpaired) electrons. The molecule has 1 aromatic carbocycles. The number of aromatic nitrogens is 2. The zero-order valence-electron chi connectivity index (χ0n) is 23.9. The van der Waals surface area contributed by atoms with E-state index >= 15 is 0 Å². The van der Waals surface area contributed by atoms with E-state index in [0.717, 1.165) is 12.8 Å².